The predicted octanol–water partition coefficient (Wildman–Crippen LogP) is 2.73. The van der Waals surface area contributed by atoms with Gasteiger partial charge < -0.3 is 5.73 Å². The van der Waals surface area contributed by atoms with Gasteiger partial charge in [-0.2, -0.15) is 0 Å². The second-order valence-corrected chi connectivity index (χ2v) is 5.84. The summed E-state index contributed by atoms with van der Waals surface area (Å²) in [6, 6.07) is 0. The average molecular weight is 312 g/mol. The van der Waals surface area contributed by atoms with E-state index in [1.165, 1.54) is 22.7 Å². The number of amides is 1. The molecule has 0 spiro atoms. The molecule has 4 nitrogen and oxygen atoms in total. The Morgan fingerprint density at radius 2 is 2.42 bits per heavy atom. The van der Waals surface area contributed by atoms with Crippen LogP contribution in [0.4, 0.5) is 5.13 Å². The Morgan fingerprint density at radius 3 is 3.05 bits per heavy atom. The van der Waals surface area contributed by atoms with Crippen molar-refractivity contribution in [2.24, 2.45) is 5.73 Å². The topological polar surface area (TPSA) is 68.0 Å². The lowest BCUT2D eigenvalue weighted by Gasteiger charge is -1.99. The molecule has 2 aromatic rings. The van der Waals surface area contributed by atoms with E-state index in [-0.39, 0.29) is 5.91 Å². The van der Waals surface area contributed by atoms with Crippen LogP contribution in [-0.2, 0) is 0 Å². The number of thiazole rings is 1. The van der Waals surface area contributed by atoms with Crippen LogP contribution in [-0.4, -0.2) is 17.4 Å². The fourth-order valence-corrected chi connectivity index (χ4v) is 3.12. The number of hydrogen-bond acceptors (Lipinski definition) is 5. The summed E-state index contributed by atoms with van der Waals surface area (Å²) in [6.45, 7) is 2.16. The predicted molar refractivity (Wildman–Crippen MR) is 80.1 cm³/mol. The highest BCUT2D eigenvalue weighted by molar-refractivity contribution is 7.16. The first-order valence-electron chi connectivity index (χ1n) is 5.31. The van der Waals surface area contributed by atoms with E-state index in [9.17, 15) is 4.79 Å². The molecular formula is C12H10ClN3OS2. The Balaban J connectivity index is 2.11. The first-order chi connectivity index (χ1) is 9.11. The van der Waals surface area contributed by atoms with Crippen molar-refractivity contribution in [3.05, 3.63) is 31.9 Å². The maximum absolute atomic E-state index is 12.0. The molecule has 19 heavy (non-hydrogen) atoms. The van der Waals surface area contributed by atoms with E-state index in [0.717, 1.165) is 10.4 Å². The molecule has 0 aliphatic heterocycles. The summed E-state index contributed by atoms with van der Waals surface area (Å²) in [4.78, 5) is 17.3. The van der Waals surface area contributed by atoms with Gasteiger partial charge in [0.05, 0.1) is 22.6 Å². The SMILES string of the molecule is Cc1csc(C(=O)Nc2ncc(C#CCN)s2)c1Cl. The van der Waals surface area contributed by atoms with Gasteiger partial charge in [-0.1, -0.05) is 34.8 Å². The van der Waals surface area contributed by atoms with Crippen LogP contribution in [0.5, 0.6) is 0 Å². The molecule has 2 aromatic heterocycles. The lowest BCUT2D eigenvalue weighted by molar-refractivity contribution is 0.103. The molecule has 0 aliphatic rings. The van der Waals surface area contributed by atoms with Gasteiger partial charge in [-0.3, -0.25) is 10.1 Å². The van der Waals surface area contributed by atoms with E-state index in [4.69, 9.17) is 17.3 Å². The van der Waals surface area contributed by atoms with Crippen LogP contribution < -0.4 is 11.1 Å². The highest BCUT2D eigenvalue weighted by atomic mass is 35.5. The van der Waals surface area contributed by atoms with E-state index < -0.39 is 0 Å². The number of rotatable bonds is 2. The van der Waals surface area contributed by atoms with Gasteiger partial charge in [-0.25, -0.2) is 4.98 Å². The van der Waals surface area contributed by atoms with Crippen molar-refractivity contribution < 1.29 is 4.79 Å². The standard InChI is InChI=1S/C12H10ClN3OS2/c1-7-6-18-10(9(7)13)11(17)16-12-15-5-8(19-12)3-2-4-14/h5-6H,4,14H2,1H3,(H,15,16,17). The summed E-state index contributed by atoms with van der Waals surface area (Å²) in [5.41, 5.74) is 6.18. The third kappa shape index (κ3) is 3.33. The molecule has 0 atom stereocenters. The van der Waals surface area contributed by atoms with Crippen LogP contribution in [0.1, 0.15) is 20.1 Å². The Kier molecular flexibility index (Phi) is 4.56. The second kappa shape index (κ2) is 6.17. The molecule has 0 unspecified atom stereocenters. The summed E-state index contributed by atoms with van der Waals surface area (Å²) in [5, 5.41) is 5.53. The number of nitrogens with two attached hydrogens (primary N) is 1. The third-order valence-corrected chi connectivity index (χ3v) is 4.67. The van der Waals surface area contributed by atoms with Crippen LogP contribution in [0.15, 0.2) is 11.6 Å². The van der Waals surface area contributed by atoms with Crippen LogP contribution in [0, 0.1) is 18.8 Å². The largest absolute Gasteiger partial charge is 0.320 e. The number of nitrogens with zero attached hydrogens (tertiary/aromatic N) is 1. The summed E-state index contributed by atoms with van der Waals surface area (Å²) in [5.74, 6) is 5.34. The van der Waals surface area contributed by atoms with Crippen molar-refractivity contribution in [2.45, 2.75) is 6.92 Å². The molecule has 0 radical (unpaired) electrons. The van der Waals surface area contributed by atoms with Crippen molar-refractivity contribution in [1.82, 2.24) is 4.98 Å². The van der Waals surface area contributed by atoms with E-state index >= 15 is 0 Å². The van der Waals surface area contributed by atoms with Crippen molar-refractivity contribution >= 4 is 45.3 Å². The summed E-state index contributed by atoms with van der Waals surface area (Å²) < 4.78 is 0. The number of thiophene rings is 1. The molecule has 2 rings (SSSR count). The zero-order valence-electron chi connectivity index (χ0n) is 9.99. The first-order valence-corrected chi connectivity index (χ1v) is 7.39. The molecule has 0 fully saturated rings. The number of anilines is 1. The monoisotopic (exact) mass is 311 g/mol. The normalized spacial score (nSPS) is 9.84. The average Bonchev–Trinajstić information content (AvgIpc) is 2.95. The minimum atomic E-state index is -0.254. The molecule has 3 N–H and O–H groups in total. The molecule has 98 valence electrons. The van der Waals surface area contributed by atoms with E-state index in [2.05, 4.69) is 22.1 Å². The quantitative estimate of drug-likeness (QED) is 0.838. The summed E-state index contributed by atoms with van der Waals surface area (Å²) >= 11 is 8.65. The Labute approximate surface area is 123 Å². The number of hydrogen-bond donors (Lipinski definition) is 2. The fourth-order valence-electron chi connectivity index (χ4n) is 1.26. The first kappa shape index (κ1) is 14.0. The maximum Gasteiger partial charge on any atom is 0.269 e. The van der Waals surface area contributed by atoms with Crippen molar-refractivity contribution in [2.75, 3.05) is 11.9 Å². The number of aromatic nitrogens is 1. The van der Waals surface area contributed by atoms with Crippen LogP contribution in [0.3, 0.4) is 0 Å². The molecule has 0 aliphatic carbocycles. The minimum absolute atomic E-state index is 0.254. The van der Waals surface area contributed by atoms with Crippen molar-refractivity contribution in [3.63, 3.8) is 0 Å². The summed E-state index contributed by atoms with van der Waals surface area (Å²) in [7, 11) is 0. The third-order valence-electron chi connectivity index (χ3n) is 2.15. The lowest BCUT2D eigenvalue weighted by atomic mass is 10.3. The molecule has 0 saturated heterocycles. The van der Waals surface area contributed by atoms with E-state index in [1.807, 2.05) is 12.3 Å². The highest BCUT2D eigenvalue weighted by Crippen LogP contribution is 2.28. The smallest absolute Gasteiger partial charge is 0.269 e. The number of aryl methyl sites for hydroxylation is 1. The Hall–Kier alpha value is -1.39. The molecular weight excluding hydrogens is 302 g/mol. The zero-order valence-corrected chi connectivity index (χ0v) is 12.4. The molecule has 0 bridgehead atoms. The minimum Gasteiger partial charge on any atom is -0.320 e. The number of carbonyl (C=O) groups is 1. The molecule has 2 heterocycles. The number of carbonyl (C=O) groups excluding carboxylic acids is 1. The zero-order chi connectivity index (χ0) is 13.8. The molecule has 7 heteroatoms. The molecule has 1 amide bonds. The van der Waals surface area contributed by atoms with Gasteiger partial charge in [0.25, 0.3) is 5.91 Å². The van der Waals surface area contributed by atoms with E-state index in [0.29, 0.717) is 21.6 Å². The van der Waals surface area contributed by atoms with Crippen LogP contribution in [0.25, 0.3) is 0 Å². The number of nitrogens with one attached hydrogen (secondary N) is 1. The fraction of sp³-hybridized carbons (Fsp3) is 0.167. The van der Waals surface area contributed by atoms with Gasteiger partial charge in [0.1, 0.15) is 4.88 Å². The molecule has 0 aromatic carbocycles. The maximum atomic E-state index is 12.0. The lowest BCUT2D eigenvalue weighted by Crippen LogP contribution is -2.10. The second-order valence-electron chi connectivity index (χ2n) is 3.55. The van der Waals surface area contributed by atoms with Gasteiger partial charge in [0.15, 0.2) is 5.13 Å². The van der Waals surface area contributed by atoms with Gasteiger partial charge in [0.2, 0.25) is 0 Å². The Bertz CT molecular complexity index is 666. The number of halogens is 1. The summed E-state index contributed by atoms with van der Waals surface area (Å²) in [6.07, 6.45) is 1.60. The van der Waals surface area contributed by atoms with Gasteiger partial charge in [0, 0.05) is 0 Å². The highest BCUT2D eigenvalue weighted by Gasteiger charge is 2.15. The van der Waals surface area contributed by atoms with Crippen LogP contribution in [0.2, 0.25) is 5.02 Å². The van der Waals surface area contributed by atoms with Crippen LogP contribution >= 0.6 is 34.3 Å². The van der Waals surface area contributed by atoms with Gasteiger partial charge in [-0.15, -0.1) is 11.3 Å². The van der Waals surface area contributed by atoms with Crippen molar-refractivity contribution in [1.29, 1.82) is 0 Å². The van der Waals surface area contributed by atoms with E-state index in [1.54, 1.807) is 6.20 Å². The Morgan fingerprint density at radius 1 is 1.63 bits per heavy atom. The molecule has 0 saturated carbocycles. The van der Waals surface area contributed by atoms with Crippen molar-refractivity contribution in [3.8, 4) is 11.8 Å². The van der Waals surface area contributed by atoms with Gasteiger partial charge >= 0.3 is 0 Å². The van der Waals surface area contributed by atoms with Gasteiger partial charge in [-0.05, 0) is 17.9 Å².